The van der Waals surface area contributed by atoms with Crippen molar-refractivity contribution >= 4 is 11.6 Å². The lowest BCUT2D eigenvalue weighted by Crippen LogP contribution is -2.24. The molecule has 1 aliphatic carbocycles. The number of rotatable bonds is 4. The summed E-state index contributed by atoms with van der Waals surface area (Å²) in [6, 6.07) is 10.3. The molecule has 6 nitrogen and oxygen atoms in total. The highest BCUT2D eigenvalue weighted by Crippen LogP contribution is 2.44. The summed E-state index contributed by atoms with van der Waals surface area (Å²) in [5, 5.41) is 7.07. The van der Waals surface area contributed by atoms with E-state index in [-0.39, 0.29) is 17.7 Å². The number of ether oxygens (including phenoxy) is 1. The van der Waals surface area contributed by atoms with Gasteiger partial charge in [0.15, 0.2) is 0 Å². The van der Waals surface area contributed by atoms with Gasteiger partial charge in [-0.25, -0.2) is 0 Å². The first-order chi connectivity index (χ1) is 16.6. The topological polar surface area (TPSA) is 60.2 Å². The number of carbonyl (C=O) groups is 1. The van der Waals surface area contributed by atoms with Crippen LogP contribution in [-0.4, -0.2) is 27.8 Å². The van der Waals surface area contributed by atoms with E-state index in [1.807, 2.05) is 25.2 Å². The number of hydrogen-bond acceptors (Lipinski definition) is 4. The third-order valence-electron chi connectivity index (χ3n) is 6.75. The smallest absolute Gasteiger partial charge is 0.377 e. The lowest BCUT2D eigenvalue weighted by Gasteiger charge is -2.33. The number of carbonyl (C=O) groups excluding carboxylic acids is 1. The summed E-state index contributed by atoms with van der Waals surface area (Å²) in [5.41, 5.74) is 1.55. The van der Waals surface area contributed by atoms with Crippen LogP contribution in [-0.2, 0) is 24.5 Å². The molecule has 0 spiro atoms. The minimum atomic E-state index is -4.53. The first-order valence-corrected chi connectivity index (χ1v) is 11.6. The summed E-state index contributed by atoms with van der Waals surface area (Å²) in [6.45, 7) is 3.80. The lowest BCUT2D eigenvalue weighted by molar-refractivity contribution is -0.138. The normalized spacial score (nSPS) is 20.1. The number of alkyl halides is 3. The van der Waals surface area contributed by atoms with Crippen LogP contribution in [0.15, 0.2) is 49.1 Å². The molecule has 0 saturated heterocycles. The van der Waals surface area contributed by atoms with Crippen molar-refractivity contribution in [1.29, 1.82) is 0 Å². The molecular formula is C26H29F3N4O2. The van der Waals surface area contributed by atoms with Crippen LogP contribution in [0, 0.1) is 5.92 Å². The number of aromatic nitrogens is 3. The lowest BCUT2D eigenvalue weighted by atomic mass is 9.72. The molecule has 0 N–H and O–H groups in total. The van der Waals surface area contributed by atoms with E-state index in [0.29, 0.717) is 23.1 Å². The zero-order valence-electron chi connectivity index (χ0n) is 20.2. The van der Waals surface area contributed by atoms with Crippen molar-refractivity contribution in [2.24, 2.45) is 13.0 Å². The minimum Gasteiger partial charge on any atom is -0.377 e. The van der Waals surface area contributed by atoms with E-state index in [0.717, 1.165) is 24.5 Å². The van der Waals surface area contributed by atoms with E-state index in [9.17, 15) is 18.0 Å². The van der Waals surface area contributed by atoms with Gasteiger partial charge in [-0.05, 0) is 72.6 Å². The maximum Gasteiger partial charge on any atom is 0.416 e. The quantitative estimate of drug-likeness (QED) is 0.461. The van der Waals surface area contributed by atoms with Gasteiger partial charge in [-0.1, -0.05) is 19.1 Å². The Morgan fingerprint density at radius 2 is 1.80 bits per heavy atom. The average molecular weight is 487 g/mol. The van der Waals surface area contributed by atoms with Crippen LogP contribution in [0.1, 0.15) is 71.3 Å². The molecule has 2 aromatic carbocycles. The number of anilines is 1. The van der Waals surface area contributed by atoms with Crippen LogP contribution in [0.2, 0.25) is 0 Å². The second-order valence-electron chi connectivity index (χ2n) is 9.36. The van der Waals surface area contributed by atoms with Crippen molar-refractivity contribution in [1.82, 2.24) is 14.8 Å². The highest BCUT2D eigenvalue weighted by molar-refractivity contribution is 6.10. The molecule has 5 rings (SSSR count). The number of amides is 1. The summed E-state index contributed by atoms with van der Waals surface area (Å²) in [5.74, 6) is 0.761. The van der Waals surface area contributed by atoms with Crippen molar-refractivity contribution in [3.63, 3.8) is 0 Å². The van der Waals surface area contributed by atoms with Gasteiger partial charge in [0.25, 0.3) is 5.91 Å². The predicted octanol–water partition coefficient (Wildman–Crippen LogP) is 5.90. The number of hydrogen-bond donors (Lipinski definition) is 0. The molecule has 1 aromatic heterocycles. The maximum atomic E-state index is 13.7. The Labute approximate surface area is 202 Å². The summed E-state index contributed by atoms with van der Waals surface area (Å²) in [6.07, 6.45) is 0.419. The fraction of sp³-hybridized carbons (Fsp3) is 0.423. The predicted molar refractivity (Wildman–Crippen MR) is 126 cm³/mol. The van der Waals surface area contributed by atoms with Gasteiger partial charge in [0, 0.05) is 25.4 Å². The highest BCUT2D eigenvalue weighted by Gasteiger charge is 2.41. The fourth-order valence-corrected chi connectivity index (χ4v) is 4.64. The Morgan fingerprint density at radius 3 is 2.34 bits per heavy atom. The molecule has 1 unspecified atom stereocenters. The Kier molecular flexibility index (Phi) is 6.98. The Bertz CT molecular complexity index is 1190. The Morgan fingerprint density at radius 1 is 1.11 bits per heavy atom. The van der Waals surface area contributed by atoms with Gasteiger partial charge in [-0.2, -0.15) is 13.2 Å². The molecule has 0 bridgehead atoms. The van der Waals surface area contributed by atoms with Gasteiger partial charge in [-0.15, -0.1) is 10.2 Å². The van der Waals surface area contributed by atoms with Crippen molar-refractivity contribution in [2.75, 3.05) is 12.0 Å². The van der Waals surface area contributed by atoms with Crippen LogP contribution in [0.5, 0.6) is 0 Å². The average Bonchev–Trinajstić information content (AvgIpc) is 3.42. The van der Waals surface area contributed by atoms with Gasteiger partial charge < -0.3 is 14.2 Å². The highest BCUT2D eigenvalue weighted by atomic mass is 19.4. The Balaban J connectivity index is 0.000000421. The van der Waals surface area contributed by atoms with Gasteiger partial charge in [0.05, 0.1) is 18.2 Å². The zero-order valence-corrected chi connectivity index (χ0v) is 20.2. The molecule has 2 aliphatic rings. The molecule has 1 aliphatic heterocycles. The van der Waals surface area contributed by atoms with E-state index in [4.69, 9.17) is 4.74 Å². The van der Waals surface area contributed by atoms with Gasteiger partial charge >= 0.3 is 6.18 Å². The molecule has 0 radical (unpaired) electrons. The van der Waals surface area contributed by atoms with Crippen LogP contribution in [0.25, 0.3) is 0 Å². The van der Waals surface area contributed by atoms with E-state index in [2.05, 4.69) is 17.1 Å². The van der Waals surface area contributed by atoms with E-state index in [1.165, 1.54) is 12.0 Å². The molecule has 186 valence electrons. The number of nitrogens with zero attached hydrogens (tertiary/aromatic N) is 4. The van der Waals surface area contributed by atoms with Crippen molar-refractivity contribution in [3.8, 4) is 0 Å². The molecule has 1 amide bonds. The standard InChI is InChI=1S/C23H24F3NO2.C3H5N3/c1-13-7-17(8-13)15-5-4-6-18(9-15)27-12-20-19(22(27)28)10-16(14(2)29-3)11-21(20)23(24,25)26;1-6-2-4-5-3-6/h4-6,9-11,13-14,17H,7-8,12H2,1-3H3;2-3H,1H3. The molecule has 2 heterocycles. The Hall–Kier alpha value is -3.20. The molecule has 9 heteroatoms. The van der Waals surface area contributed by atoms with Crippen LogP contribution >= 0.6 is 0 Å². The van der Waals surface area contributed by atoms with Crippen molar-refractivity contribution < 1.29 is 22.7 Å². The van der Waals surface area contributed by atoms with Crippen LogP contribution in [0.3, 0.4) is 0 Å². The first kappa shape index (κ1) is 24.9. The monoisotopic (exact) mass is 486 g/mol. The summed E-state index contributed by atoms with van der Waals surface area (Å²) < 4.78 is 48.2. The van der Waals surface area contributed by atoms with Crippen molar-refractivity contribution in [2.45, 2.75) is 51.4 Å². The maximum absolute atomic E-state index is 13.7. The van der Waals surface area contributed by atoms with Gasteiger partial charge in [0.2, 0.25) is 0 Å². The van der Waals surface area contributed by atoms with E-state index < -0.39 is 23.8 Å². The number of fused-ring (bicyclic) bond motifs is 1. The molecule has 35 heavy (non-hydrogen) atoms. The number of methoxy groups -OCH3 is 1. The molecule has 1 saturated carbocycles. The fourth-order valence-electron chi connectivity index (χ4n) is 4.64. The second-order valence-corrected chi connectivity index (χ2v) is 9.36. The molecule has 1 fully saturated rings. The summed E-state index contributed by atoms with van der Waals surface area (Å²) in [4.78, 5) is 14.5. The third kappa shape index (κ3) is 5.24. The van der Waals surface area contributed by atoms with Gasteiger partial charge in [-0.3, -0.25) is 4.79 Å². The third-order valence-corrected chi connectivity index (χ3v) is 6.75. The second kappa shape index (κ2) is 9.81. The van der Waals surface area contributed by atoms with Crippen molar-refractivity contribution in [3.05, 3.63) is 76.9 Å². The van der Waals surface area contributed by atoms with Crippen LogP contribution < -0.4 is 4.90 Å². The number of benzene rings is 2. The largest absolute Gasteiger partial charge is 0.416 e. The molecule has 1 atom stereocenters. The zero-order chi connectivity index (χ0) is 25.3. The molecule has 3 aromatic rings. The van der Waals surface area contributed by atoms with E-state index in [1.54, 1.807) is 36.3 Å². The SMILES string of the molecule is COC(C)c1cc2c(c(C(F)(F)F)c1)CN(c1cccc(C3CC(C)C3)c1)C2=O.Cn1cnnc1. The minimum absolute atomic E-state index is 0.0391. The number of halogens is 3. The number of aryl methyl sites for hydroxylation is 1. The first-order valence-electron chi connectivity index (χ1n) is 11.6. The van der Waals surface area contributed by atoms with E-state index >= 15 is 0 Å². The van der Waals surface area contributed by atoms with Gasteiger partial charge in [0.1, 0.15) is 12.7 Å². The molecular weight excluding hydrogens is 457 g/mol. The van der Waals surface area contributed by atoms with Crippen LogP contribution in [0.4, 0.5) is 18.9 Å². The summed E-state index contributed by atoms with van der Waals surface area (Å²) in [7, 11) is 3.31. The summed E-state index contributed by atoms with van der Waals surface area (Å²) >= 11 is 0.